The Morgan fingerprint density at radius 1 is 0.973 bits per heavy atom. The van der Waals surface area contributed by atoms with E-state index in [0.717, 1.165) is 0 Å². The summed E-state index contributed by atoms with van der Waals surface area (Å²) in [6.45, 7) is -0.156. The van der Waals surface area contributed by atoms with Crippen LogP contribution < -0.4 is 38.9 Å². The zero-order valence-electron chi connectivity index (χ0n) is 20.6. The molecule has 1 rings (SSSR count). The Balaban J connectivity index is 2.89. The minimum absolute atomic E-state index is 0.0372. The molecule has 0 saturated heterocycles. The highest BCUT2D eigenvalue weighted by molar-refractivity contribution is 5.94. The first kappa shape index (κ1) is 31.3. The zero-order chi connectivity index (χ0) is 27.8. The lowest BCUT2D eigenvalue weighted by Crippen LogP contribution is -2.58. The van der Waals surface area contributed by atoms with Crippen molar-refractivity contribution >= 4 is 29.7 Å². The molecule has 16 heteroatoms. The lowest BCUT2D eigenvalue weighted by molar-refractivity contribution is -0.142. The van der Waals surface area contributed by atoms with Crippen LogP contribution in [0.1, 0.15) is 37.8 Å². The maximum atomic E-state index is 13.0. The van der Waals surface area contributed by atoms with Gasteiger partial charge >= 0.3 is 5.97 Å². The average molecular weight is 527 g/mol. The second kappa shape index (κ2) is 16.8. The first-order valence-electron chi connectivity index (χ1n) is 11.8. The number of H-pyrrole nitrogens is 1. The number of carboxylic acid groups (broad SMARTS) is 1. The molecule has 0 fully saturated rings. The summed E-state index contributed by atoms with van der Waals surface area (Å²) in [5.41, 5.74) is 22.3. The summed E-state index contributed by atoms with van der Waals surface area (Å²) in [6, 6.07) is -4.83. The molecule has 1 heterocycles. The Kier molecular flexibility index (Phi) is 14.2. The number of aliphatic imine (C=N–C) groups is 1. The molecule has 0 radical (unpaired) electrons. The van der Waals surface area contributed by atoms with Crippen LogP contribution in [-0.2, 0) is 25.6 Å². The molecular weight excluding hydrogens is 488 g/mol. The summed E-state index contributed by atoms with van der Waals surface area (Å²) in [5.74, 6) is -3.73. The van der Waals surface area contributed by atoms with Gasteiger partial charge in [0.1, 0.15) is 18.1 Å². The molecule has 14 N–H and O–H groups in total. The van der Waals surface area contributed by atoms with Gasteiger partial charge in [0.05, 0.1) is 19.0 Å². The summed E-state index contributed by atoms with van der Waals surface area (Å²) in [7, 11) is 0. The van der Waals surface area contributed by atoms with Gasteiger partial charge in [-0.1, -0.05) is 6.42 Å². The molecule has 208 valence electrons. The Labute approximate surface area is 214 Å². The van der Waals surface area contributed by atoms with E-state index < -0.39 is 54.5 Å². The molecular formula is C21H38N10O6. The third-order valence-corrected chi connectivity index (χ3v) is 5.29. The highest BCUT2D eigenvalue weighted by Gasteiger charge is 2.30. The number of rotatable bonds is 18. The van der Waals surface area contributed by atoms with Crippen molar-refractivity contribution in [3.05, 3.63) is 18.2 Å². The van der Waals surface area contributed by atoms with Crippen LogP contribution in [-0.4, -0.2) is 93.7 Å². The highest BCUT2D eigenvalue weighted by Crippen LogP contribution is 2.05. The number of amides is 3. The Bertz CT molecular complexity index is 890. The van der Waals surface area contributed by atoms with E-state index in [-0.39, 0.29) is 31.8 Å². The number of nitrogens with two attached hydrogens (primary N) is 4. The van der Waals surface area contributed by atoms with Gasteiger partial charge in [-0.3, -0.25) is 19.4 Å². The minimum atomic E-state index is -1.39. The van der Waals surface area contributed by atoms with Crippen LogP contribution in [0.25, 0.3) is 0 Å². The predicted molar refractivity (Wildman–Crippen MR) is 134 cm³/mol. The van der Waals surface area contributed by atoms with E-state index in [2.05, 4.69) is 30.9 Å². The SMILES string of the molecule is NCCCCC(N)C(=O)NC(CO)C(=O)NC(CCCN=C(N)N)C(=O)NC(Cc1cnc[nH]1)C(=O)O. The fourth-order valence-corrected chi connectivity index (χ4v) is 3.25. The van der Waals surface area contributed by atoms with Crippen molar-refractivity contribution in [3.63, 3.8) is 0 Å². The van der Waals surface area contributed by atoms with Crippen LogP contribution in [0.3, 0.4) is 0 Å². The number of unbranched alkanes of at least 4 members (excludes halogenated alkanes) is 1. The van der Waals surface area contributed by atoms with E-state index in [4.69, 9.17) is 22.9 Å². The van der Waals surface area contributed by atoms with E-state index in [1.807, 2.05) is 0 Å². The second-order valence-corrected chi connectivity index (χ2v) is 8.33. The molecule has 1 aromatic rings. The summed E-state index contributed by atoms with van der Waals surface area (Å²) in [6.07, 6.45) is 4.65. The third kappa shape index (κ3) is 12.2. The Morgan fingerprint density at radius 2 is 1.62 bits per heavy atom. The van der Waals surface area contributed by atoms with Crippen molar-refractivity contribution in [1.29, 1.82) is 0 Å². The number of carbonyl (C=O) groups is 4. The monoisotopic (exact) mass is 526 g/mol. The average Bonchev–Trinajstić information content (AvgIpc) is 3.36. The second-order valence-electron chi connectivity index (χ2n) is 8.33. The molecule has 37 heavy (non-hydrogen) atoms. The van der Waals surface area contributed by atoms with E-state index in [9.17, 15) is 29.4 Å². The van der Waals surface area contributed by atoms with Crippen molar-refractivity contribution in [2.75, 3.05) is 19.7 Å². The first-order valence-corrected chi connectivity index (χ1v) is 11.8. The lowest BCUT2D eigenvalue weighted by atomic mass is 10.1. The van der Waals surface area contributed by atoms with Crippen LogP contribution in [0.4, 0.5) is 0 Å². The van der Waals surface area contributed by atoms with Gasteiger partial charge in [-0.2, -0.15) is 0 Å². The number of guanidine groups is 1. The largest absolute Gasteiger partial charge is 0.480 e. The number of aliphatic hydroxyl groups is 1. The topological polar surface area (TPSA) is 290 Å². The molecule has 0 spiro atoms. The molecule has 0 aliphatic heterocycles. The van der Waals surface area contributed by atoms with Crippen LogP contribution in [0.2, 0.25) is 0 Å². The van der Waals surface area contributed by atoms with Gasteiger partial charge in [0.25, 0.3) is 0 Å². The van der Waals surface area contributed by atoms with Gasteiger partial charge in [0, 0.05) is 24.9 Å². The molecule has 0 aliphatic rings. The maximum Gasteiger partial charge on any atom is 0.326 e. The van der Waals surface area contributed by atoms with Crippen LogP contribution in [0.5, 0.6) is 0 Å². The number of hydrogen-bond donors (Lipinski definition) is 10. The Hall–Kier alpha value is -3.76. The summed E-state index contributed by atoms with van der Waals surface area (Å²) in [5, 5.41) is 26.4. The number of nitrogens with one attached hydrogen (secondary N) is 4. The van der Waals surface area contributed by atoms with Crippen molar-refractivity contribution in [2.45, 2.75) is 62.7 Å². The number of aliphatic carboxylic acids is 1. The number of carboxylic acids is 1. The molecule has 4 unspecified atom stereocenters. The van der Waals surface area contributed by atoms with Crippen LogP contribution in [0.15, 0.2) is 17.5 Å². The maximum absolute atomic E-state index is 13.0. The predicted octanol–water partition coefficient (Wildman–Crippen LogP) is -4.01. The molecule has 16 nitrogen and oxygen atoms in total. The number of imidazole rings is 1. The van der Waals surface area contributed by atoms with Gasteiger partial charge in [0.2, 0.25) is 17.7 Å². The van der Waals surface area contributed by atoms with Gasteiger partial charge in [-0.25, -0.2) is 9.78 Å². The van der Waals surface area contributed by atoms with Crippen molar-refractivity contribution in [3.8, 4) is 0 Å². The van der Waals surface area contributed by atoms with Gasteiger partial charge in [-0.05, 0) is 32.2 Å². The van der Waals surface area contributed by atoms with Gasteiger partial charge in [0.15, 0.2) is 5.96 Å². The van der Waals surface area contributed by atoms with Crippen molar-refractivity contribution in [2.24, 2.45) is 27.9 Å². The fraction of sp³-hybridized carbons (Fsp3) is 0.619. The molecule has 0 bridgehead atoms. The molecule has 3 amide bonds. The summed E-state index contributed by atoms with van der Waals surface area (Å²) < 4.78 is 0. The molecule has 0 aromatic carbocycles. The number of aliphatic hydroxyl groups excluding tert-OH is 1. The molecule has 0 saturated carbocycles. The smallest absolute Gasteiger partial charge is 0.326 e. The number of aromatic nitrogens is 2. The van der Waals surface area contributed by atoms with Gasteiger partial charge in [-0.15, -0.1) is 0 Å². The number of nitrogens with zero attached hydrogens (tertiary/aromatic N) is 2. The lowest BCUT2D eigenvalue weighted by Gasteiger charge is -2.24. The standard InChI is InChI=1S/C21H38N10O6/c22-6-2-1-4-13(23)17(33)31-16(10-32)19(35)29-14(5-3-7-27-21(24)25)18(34)30-15(20(36)37)8-12-9-26-11-28-12/h9,11,13-16,32H,1-8,10,22-23H2,(H,26,28)(H,29,35)(H,30,34)(H,31,33)(H,36,37)(H4,24,25,27). The van der Waals surface area contributed by atoms with Crippen LogP contribution in [0, 0.1) is 0 Å². The van der Waals surface area contributed by atoms with E-state index in [0.29, 0.717) is 31.5 Å². The molecule has 0 aliphatic carbocycles. The van der Waals surface area contributed by atoms with Gasteiger partial charge < -0.3 is 54.1 Å². The van der Waals surface area contributed by atoms with Crippen LogP contribution >= 0.6 is 0 Å². The van der Waals surface area contributed by atoms with E-state index in [1.165, 1.54) is 12.5 Å². The number of carbonyl (C=O) groups excluding carboxylic acids is 3. The van der Waals surface area contributed by atoms with Crippen molar-refractivity contribution < 1.29 is 29.4 Å². The zero-order valence-corrected chi connectivity index (χ0v) is 20.6. The third-order valence-electron chi connectivity index (χ3n) is 5.29. The molecule has 4 atom stereocenters. The fourth-order valence-electron chi connectivity index (χ4n) is 3.25. The minimum Gasteiger partial charge on any atom is -0.480 e. The normalized spacial score (nSPS) is 14.0. The number of aromatic amines is 1. The first-order chi connectivity index (χ1) is 17.6. The van der Waals surface area contributed by atoms with Crippen molar-refractivity contribution in [1.82, 2.24) is 25.9 Å². The summed E-state index contributed by atoms with van der Waals surface area (Å²) >= 11 is 0. The van der Waals surface area contributed by atoms with E-state index >= 15 is 0 Å². The Morgan fingerprint density at radius 3 is 2.19 bits per heavy atom. The van der Waals surface area contributed by atoms with E-state index in [1.54, 1.807) is 0 Å². The highest BCUT2D eigenvalue weighted by atomic mass is 16.4. The number of hydrogen-bond acceptors (Lipinski definition) is 9. The quantitative estimate of drug-likeness (QED) is 0.0499. The molecule has 1 aromatic heterocycles. The summed E-state index contributed by atoms with van der Waals surface area (Å²) in [4.78, 5) is 60.2.